The summed E-state index contributed by atoms with van der Waals surface area (Å²) in [7, 11) is 0. The number of carbonyl (C=O) groups is 1. The molecule has 4 N–H and O–H groups in total. The standard InChI is InChI=1S/C8H16N2O2/c1-3-4-6(2)10-5-7(9)8(11)12/h3,6-7,10H,1,4-5,9H2,2H3,(H,11,12). The topological polar surface area (TPSA) is 75.3 Å². The lowest BCUT2D eigenvalue weighted by Gasteiger charge is -2.13. The van der Waals surface area contributed by atoms with Gasteiger partial charge in [-0.25, -0.2) is 0 Å². The Kier molecular flexibility index (Phi) is 5.32. The highest BCUT2D eigenvalue weighted by molar-refractivity contribution is 5.73. The van der Waals surface area contributed by atoms with Gasteiger partial charge in [0.25, 0.3) is 0 Å². The van der Waals surface area contributed by atoms with E-state index in [1.807, 2.05) is 6.92 Å². The minimum absolute atomic E-state index is 0.230. The summed E-state index contributed by atoms with van der Waals surface area (Å²) in [6, 6.07) is -0.592. The first kappa shape index (κ1) is 11.1. The predicted octanol–water partition coefficient (Wildman–Crippen LogP) is -0.0475. The van der Waals surface area contributed by atoms with E-state index < -0.39 is 12.0 Å². The number of aliphatic carboxylic acids is 1. The van der Waals surface area contributed by atoms with Gasteiger partial charge in [0.15, 0.2) is 0 Å². The Bertz CT molecular complexity index is 159. The van der Waals surface area contributed by atoms with E-state index in [9.17, 15) is 4.79 Å². The van der Waals surface area contributed by atoms with E-state index in [1.54, 1.807) is 6.08 Å². The van der Waals surface area contributed by atoms with Crippen LogP contribution in [0.15, 0.2) is 12.7 Å². The fourth-order valence-electron chi connectivity index (χ4n) is 0.749. The summed E-state index contributed by atoms with van der Waals surface area (Å²) in [4.78, 5) is 10.3. The van der Waals surface area contributed by atoms with Gasteiger partial charge in [-0.3, -0.25) is 4.79 Å². The molecular formula is C8H16N2O2. The molecule has 0 amide bonds. The third kappa shape index (κ3) is 4.87. The first-order chi connectivity index (χ1) is 5.57. The zero-order valence-electron chi connectivity index (χ0n) is 7.29. The summed E-state index contributed by atoms with van der Waals surface area (Å²) in [5.41, 5.74) is 5.27. The maximum absolute atomic E-state index is 10.3. The molecule has 0 aromatic heterocycles. The Labute approximate surface area is 72.4 Å². The molecule has 0 radical (unpaired) electrons. The van der Waals surface area contributed by atoms with Crippen molar-refractivity contribution in [2.75, 3.05) is 6.54 Å². The van der Waals surface area contributed by atoms with Crippen LogP contribution in [0.5, 0.6) is 0 Å². The first-order valence-electron chi connectivity index (χ1n) is 3.90. The van der Waals surface area contributed by atoms with Crippen LogP contribution in [0.1, 0.15) is 13.3 Å². The Hall–Kier alpha value is -0.870. The van der Waals surface area contributed by atoms with Crippen molar-refractivity contribution in [3.63, 3.8) is 0 Å². The molecular weight excluding hydrogens is 156 g/mol. The first-order valence-corrected chi connectivity index (χ1v) is 3.90. The van der Waals surface area contributed by atoms with Gasteiger partial charge < -0.3 is 16.2 Å². The number of nitrogens with one attached hydrogen (secondary N) is 1. The van der Waals surface area contributed by atoms with Gasteiger partial charge >= 0.3 is 5.97 Å². The Morgan fingerprint density at radius 3 is 2.83 bits per heavy atom. The van der Waals surface area contributed by atoms with Crippen molar-refractivity contribution in [2.45, 2.75) is 25.4 Å². The number of carboxylic acids is 1. The number of carboxylic acid groups (broad SMARTS) is 1. The highest BCUT2D eigenvalue weighted by Crippen LogP contribution is 1.90. The highest BCUT2D eigenvalue weighted by Gasteiger charge is 2.11. The largest absolute Gasteiger partial charge is 0.480 e. The van der Waals surface area contributed by atoms with Crippen LogP contribution in [0, 0.1) is 0 Å². The van der Waals surface area contributed by atoms with E-state index >= 15 is 0 Å². The molecule has 0 saturated carbocycles. The lowest BCUT2D eigenvalue weighted by atomic mass is 10.2. The van der Waals surface area contributed by atoms with Crippen molar-refractivity contribution < 1.29 is 9.90 Å². The summed E-state index contributed by atoms with van der Waals surface area (Å²) in [6.45, 7) is 5.83. The molecule has 0 rings (SSSR count). The van der Waals surface area contributed by atoms with Crippen LogP contribution in [-0.2, 0) is 4.79 Å². The van der Waals surface area contributed by atoms with Crippen molar-refractivity contribution >= 4 is 5.97 Å². The van der Waals surface area contributed by atoms with Gasteiger partial charge in [0.05, 0.1) is 0 Å². The van der Waals surface area contributed by atoms with Crippen molar-refractivity contribution in [3.05, 3.63) is 12.7 Å². The number of rotatable bonds is 6. The number of hydrogen-bond donors (Lipinski definition) is 3. The van der Waals surface area contributed by atoms with E-state index in [0.29, 0.717) is 6.54 Å². The lowest BCUT2D eigenvalue weighted by molar-refractivity contribution is -0.138. The molecule has 0 aromatic rings. The molecule has 0 heterocycles. The number of hydrogen-bond acceptors (Lipinski definition) is 3. The molecule has 70 valence electrons. The van der Waals surface area contributed by atoms with E-state index in [4.69, 9.17) is 10.8 Å². The number of nitrogens with two attached hydrogens (primary N) is 1. The second-order valence-electron chi connectivity index (χ2n) is 2.78. The monoisotopic (exact) mass is 172 g/mol. The van der Waals surface area contributed by atoms with E-state index in [0.717, 1.165) is 6.42 Å². The molecule has 2 atom stereocenters. The summed E-state index contributed by atoms with van der Waals surface area (Å²) >= 11 is 0. The van der Waals surface area contributed by atoms with Crippen LogP contribution >= 0.6 is 0 Å². The van der Waals surface area contributed by atoms with Crippen molar-refractivity contribution in [1.82, 2.24) is 5.32 Å². The molecule has 0 aromatic carbocycles. The second-order valence-corrected chi connectivity index (χ2v) is 2.78. The van der Waals surface area contributed by atoms with Crippen molar-refractivity contribution in [2.24, 2.45) is 5.73 Å². The Morgan fingerprint density at radius 2 is 2.42 bits per heavy atom. The molecule has 12 heavy (non-hydrogen) atoms. The van der Waals surface area contributed by atoms with Crippen LogP contribution in [-0.4, -0.2) is 29.7 Å². The normalized spacial score (nSPS) is 15.2. The molecule has 0 spiro atoms. The molecule has 4 heteroatoms. The second kappa shape index (κ2) is 5.74. The third-order valence-electron chi connectivity index (χ3n) is 1.52. The van der Waals surface area contributed by atoms with E-state index in [1.165, 1.54) is 0 Å². The zero-order chi connectivity index (χ0) is 9.56. The van der Waals surface area contributed by atoms with E-state index in [2.05, 4.69) is 11.9 Å². The summed E-state index contributed by atoms with van der Waals surface area (Å²) in [6.07, 6.45) is 2.59. The van der Waals surface area contributed by atoms with Gasteiger partial charge in [-0.1, -0.05) is 6.08 Å². The highest BCUT2D eigenvalue weighted by atomic mass is 16.4. The van der Waals surface area contributed by atoms with Gasteiger partial charge in [-0.2, -0.15) is 0 Å². The molecule has 0 aliphatic rings. The third-order valence-corrected chi connectivity index (χ3v) is 1.52. The molecule has 0 fully saturated rings. The zero-order valence-corrected chi connectivity index (χ0v) is 7.29. The van der Waals surface area contributed by atoms with Crippen LogP contribution in [0.25, 0.3) is 0 Å². The molecule has 0 aliphatic carbocycles. The van der Waals surface area contributed by atoms with Crippen LogP contribution in [0.3, 0.4) is 0 Å². The minimum Gasteiger partial charge on any atom is -0.480 e. The summed E-state index contributed by atoms with van der Waals surface area (Å²) < 4.78 is 0. The predicted molar refractivity (Wildman–Crippen MR) is 47.9 cm³/mol. The van der Waals surface area contributed by atoms with Crippen molar-refractivity contribution in [1.29, 1.82) is 0 Å². The van der Waals surface area contributed by atoms with Crippen molar-refractivity contribution in [3.8, 4) is 0 Å². The van der Waals surface area contributed by atoms with E-state index in [-0.39, 0.29) is 6.04 Å². The molecule has 2 unspecified atom stereocenters. The quantitative estimate of drug-likeness (QED) is 0.491. The maximum atomic E-state index is 10.3. The SMILES string of the molecule is C=CCC(C)NCC(N)C(=O)O. The van der Waals surface area contributed by atoms with Gasteiger partial charge in [0.2, 0.25) is 0 Å². The minimum atomic E-state index is -0.978. The fraction of sp³-hybridized carbons (Fsp3) is 0.625. The van der Waals surface area contributed by atoms with Crippen LogP contribution in [0.2, 0.25) is 0 Å². The maximum Gasteiger partial charge on any atom is 0.321 e. The smallest absolute Gasteiger partial charge is 0.321 e. The lowest BCUT2D eigenvalue weighted by Crippen LogP contribution is -2.43. The summed E-state index contributed by atoms with van der Waals surface area (Å²) in [5, 5.41) is 11.4. The average Bonchev–Trinajstić information content (AvgIpc) is 2.00. The van der Waals surface area contributed by atoms with Gasteiger partial charge in [0, 0.05) is 12.6 Å². The van der Waals surface area contributed by atoms with Crippen LogP contribution in [0.4, 0.5) is 0 Å². The van der Waals surface area contributed by atoms with Gasteiger partial charge in [0.1, 0.15) is 6.04 Å². The Morgan fingerprint density at radius 1 is 1.83 bits per heavy atom. The van der Waals surface area contributed by atoms with Crippen LogP contribution < -0.4 is 11.1 Å². The molecule has 0 aliphatic heterocycles. The fourth-order valence-corrected chi connectivity index (χ4v) is 0.749. The molecule has 4 nitrogen and oxygen atoms in total. The Balaban J connectivity index is 3.53. The average molecular weight is 172 g/mol. The van der Waals surface area contributed by atoms with Gasteiger partial charge in [-0.15, -0.1) is 6.58 Å². The summed E-state index contributed by atoms with van der Waals surface area (Å²) in [5.74, 6) is -0.978. The molecule has 0 saturated heterocycles. The van der Waals surface area contributed by atoms with Gasteiger partial charge in [-0.05, 0) is 13.3 Å². The molecule has 0 bridgehead atoms.